The van der Waals surface area contributed by atoms with Gasteiger partial charge < -0.3 is 10.5 Å². The molecule has 1 aromatic carbocycles. The van der Waals surface area contributed by atoms with Gasteiger partial charge in [0.15, 0.2) is 5.13 Å². The van der Waals surface area contributed by atoms with Crippen LogP contribution in [-0.2, 0) is 10.8 Å². The van der Waals surface area contributed by atoms with Crippen LogP contribution in [0, 0.1) is 0 Å². The number of nitrogens with zero attached hydrogens (tertiary/aromatic N) is 1. The van der Waals surface area contributed by atoms with Crippen molar-refractivity contribution < 1.29 is 4.74 Å². The standard InChI is InChI=1S/C17H26N2OS/c1-8-20-13-10(16(2,3)4)9-11-14(21-15(18)19-11)12(13)17(5,6)7/h9H,8H2,1-7H3,(H2,18,19). The minimum atomic E-state index is -0.0248. The molecule has 0 amide bonds. The van der Waals surface area contributed by atoms with E-state index in [1.165, 1.54) is 11.1 Å². The summed E-state index contributed by atoms with van der Waals surface area (Å²) in [6.07, 6.45) is 0. The highest BCUT2D eigenvalue weighted by molar-refractivity contribution is 7.22. The zero-order valence-electron chi connectivity index (χ0n) is 14.1. The first-order valence-corrected chi connectivity index (χ1v) is 8.24. The molecule has 0 unspecified atom stereocenters. The van der Waals surface area contributed by atoms with Crippen LogP contribution in [0.25, 0.3) is 10.2 Å². The maximum Gasteiger partial charge on any atom is 0.181 e. The Balaban J connectivity index is 2.94. The molecular weight excluding hydrogens is 280 g/mol. The molecule has 1 heterocycles. The molecule has 0 aliphatic heterocycles. The Morgan fingerprint density at radius 3 is 2.24 bits per heavy atom. The molecule has 2 N–H and O–H groups in total. The average Bonchev–Trinajstić information content (AvgIpc) is 2.64. The zero-order chi connectivity index (χ0) is 16.0. The third-order valence-corrected chi connectivity index (χ3v) is 4.41. The third kappa shape index (κ3) is 3.00. The van der Waals surface area contributed by atoms with Crippen molar-refractivity contribution in [1.29, 1.82) is 0 Å². The fourth-order valence-electron chi connectivity index (χ4n) is 2.60. The number of benzene rings is 1. The molecule has 0 bridgehead atoms. The van der Waals surface area contributed by atoms with Gasteiger partial charge in [0.1, 0.15) is 5.75 Å². The van der Waals surface area contributed by atoms with Crippen LogP contribution in [0.4, 0.5) is 5.13 Å². The first-order valence-electron chi connectivity index (χ1n) is 7.42. The van der Waals surface area contributed by atoms with E-state index in [1.54, 1.807) is 11.3 Å². The first-order chi connectivity index (χ1) is 9.55. The van der Waals surface area contributed by atoms with Gasteiger partial charge in [0.2, 0.25) is 0 Å². The number of fused-ring (bicyclic) bond motifs is 1. The largest absolute Gasteiger partial charge is 0.493 e. The lowest BCUT2D eigenvalue weighted by Crippen LogP contribution is -2.20. The summed E-state index contributed by atoms with van der Waals surface area (Å²) in [6.45, 7) is 16.0. The zero-order valence-corrected chi connectivity index (χ0v) is 14.9. The van der Waals surface area contributed by atoms with Gasteiger partial charge in [-0.15, -0.1) is 0 Å². The summed E-state index contributed by atoms with van der Waals surface area (Å²) in [7, 11) is 0. The number of hydrogen-bond acceptors (Lipinski definition) is 4. The molecule has 3 nitrogen and oxygen atoms in total. The van der Waals surface area contributed by atoms with Gasteiger partial charge in [0.25, 0.3) is 0 Å². The van der Waals surface area contributed by atoms with Gasteiger partial charge in [-0.2, -0.15) is 0 Å². The fraction of sp³-hybridized carbons (Fsp3) is 0.588. The van der Waals surface area contributed by atoms with Crippen LogP contribution in [0.5, 0.6) is 5.75 Å². The summed E-state index contributed by atoms with van der Waals surface area (Å²) >= 11 is 1.55. The van der Waals surface area contributed by atoms with Crippen molar-refractivity contribution in [3.63, 3.8) is 0 Å². The smallest absolute Gasteiger partial charge is 0.181 e. The van der Waals surface area contributed by atoms with Crippen molar-refractivity contribution in [3.05, 3.63) is 17.2 Å². The summed E-state index contributed by atoms with van der Waals surface area (Å²) < 4.78 is 7.23. The number of thiazole rings is 1. The molecule has 21 heavy (non-hydrogen) atoms. The van der Waals surface area contributed by atoms with E-state index in [4.69, 9.17) is 10.5 Å². The second kappa shape index (κ2) is 5.16. The number of nitrogens with two attached hydrogens (primary N) is 1. The Labute approximate surface area is 131 Å². The predicted molar refractivity (Wildman–Crippen MR) is 92.6 cm³/mol. The summed E-state index contributed by atoms with van der Waals surface area (Å²) in [5.41, 5.74) is 9.33. The van der Waals surface area contributed by atoms with Crippen LogP contribution < -0.4 is 10.5 Å². The van der Waals surface area contributed by atoms with Crippen LogP contribution in [-0.4, -0.2) is 11.6 Å². The molecule has 2 rings (SSSR count). The van der Waals surface area contributed by atoms with Gasteiger partial charge in [0.05, 0.1) is 16.8 Å². The van der Waals surface area contributed by atoms with E-state index in [-0.39, 0.29) is 10.8 Å². The maximum atomic E-state index is 6.08. The maximum absolute atomic E-state index is 6.08. The molecule has 0 aliphatic carbocycles. The van der Waals surface area contributed by atoms with Gasteiger partial charge in [-0.25, -0.2) is 4.98 Å². The average molecular weight is 306 g/mol. The molecule has 0 radical (unpaired) electrons. The Hall–Kier alpha value is -1.29. The molecule has 0 saturated carbocycles. The van der Waals surface area contributed by atoms with Crippen LogP contribution in [0.15, 0.2) is 6.07 Å². The van der Waals surface area contributed by atoms with Crippen LogP contribution >= 0.6 is 11.3 Å². The lowest BCUT2D eigenvalue weighted by molar-refractivity contribution is 0.321. The second-order valence-electron chi connectivity index (χ2n) is 7.46. The quantitative estimate of drug-likeness (QED) is 0.861. The summed E-state index contributed by atoms with van der Waals surface area (Å²) in [5, 5.41) is 0.615. The molecular formula is C17H26N2OS. The Bertz CT molecular complexity index is 660. The monoisotopic (exact) mass is 306 g/mol. The number of rotatable bonds is 2. The number of nitrogen functional groups attached to an aromatic ring is 1. The Kier molecular flexibility index (Phi) is 3.96. The number of aromatic nitrogens is 1. The fourth-order valence-corrected chi connectivity index (χ4v) is 3.66. The van der Waals surface area contributed by atoms with Gasteiger partial charge >= 0.3 is 0 Å². The van der Waals surface area contributed by atoms with Crippen molar-refractivity contribution in [2.45, 2.75) is 59.3 Å². The summed E-state index contributed by atoms with van der Waals surface area (Å²) in [5.74, 6) is 1.01. The lowest BCUT2D eigenvalue weighted by Gasteiger charge is -2.29. The van der Waals surface area contributed by atoms with Crippen molar-refractivity contribution in [1.82, 2.24) is 4.98 Å². The van der Waals surface area contributed by atoms with Gasteiger partial charge in [-0.05, 0) is 23.8 Å². The highest BCUT2D eigenvalue weighted by Crippen LogP contribution is 2.46. The van der Waals surface area contributed by atoms with Gasteiger partial charge in [-0.1, -0.05) is 52.9 Å². The SMILES string of the molecule is CCOc1c(C(C)(C)C)cc2nc(N)sc2c1C(C)(C)C. The van der Waals surface area contributed by atoms with Crippen LogP contribution in [0.1, 0.15) is 59.6 Å². The molecule has 0 aliphatic rings. The number of anilines is 1. The topological polar surface area (TPSA) is 48.1 Å². The normalized spacial score (nSPS) is 12.9. The van der Waals surface area contributed by atoms with E-state index in [0.717, 1.165) is 16.0 Å². The van der Waals surface area contributed by atoms with Crippen LogP contribution in [0.2, 0.25) is 0 Å². The molecule has 4 heteroatoms. The molecule has 0 saturated heterocycles. The Morgan fingerprint density at radius 1 is 1.14 bits per heavy atom. The summed E-state index contributed by atoms with van der Waals surface area (Å²) in [4.78, 5) is 4.50. The van der Waals surface area contributed by atoms with Crippen molar-refractivity contribution in [3.8, 4) is 5.75 Å². The molecule has 0 atom stereocenters. The van der Waals surface area contributed by atoms with E-state index in [9.17, 15) is 0 Å². The molecule has 1 aromatic heterocycles. The third-order valence-electron chi connectivity index (χ3n) is 3.50. The molecule has 2 aromatic rings. The van der Waals surface area contributed by atoms with E-state index < -0.39 is 0 Å². The van der Waals surface area contributed by atoms with Crippen molar-refractivity contribution in [2.75, 3.05) is 12.3 Å². The first kappa shape index (κ1) is 16.1. The van der Waals surface area contributed by atoms with E-state index in [1.807, 2.05) is 6.92 Å². The molecule has 0 fully saturated rings. The van der Waals surface area contributed by atoms with Crippen molar-refractivity contribution in [2.24, 2.45) is 0 Å². The number of ether oxygens (including phenoxy) is 1. The molecule has 0 spiro atoms. The second-order valence-corrected chi connectivity index (χ2v) is 8.49. The minimum absolute atomic E-state index is 0.00290. The highest BCUT2D eigenvalue weighted by atomic mass is 32.1. The minimum Gasteiger partial charge on any atom is -0.493 e. The van der Waals surface area contributed by atoms with Gasteiger partial charge in [-0.3, -0.25) is 0 Å². The van der Waals surface area contributed by atoms with E-state index in [2.05, 4.69) is 52.6 Å². The summed E-state index contributed by atoms with van der Waals surface area (Å²) in [6, 6.07) is 2.14. The van der Waals surface area contributed by atoms with E-state index >= 15 is 0 Å². The number of hydrogen-bond donors (Lipinski definition) is 1. The predicted octanol–water partition coefficient (Wildman–Crippen LogP) is 4.87. The Morgan fingerprint density at radius 2 is 1.76 bits per heavy atom. The lowest BCUT2D eigenvalue weighted by atomic mass is 9.79. The van der Waals surface area contributed by atoms with E-state index in [0.29, 0.717) is 11.7 Å². The highest BCUT2D eigenvalue weighted by Gasteiger charge is 2.30. The molecule has 116 valence electrons. The van der Waals surface area contributed by atoms with Crippen LogP contribution in [0.3, 0.4) is 0 Å². The van der Waals surface area contributed by atoms with Crippen molar-refractivity contribution >= 4 is 26.7 Å². The van der Waals surface area contributed by atoms with Gasteiger partial charge in [0, 0.05) is 11.1 Å².